The van der Waals surface area contributed by atoms with Crippen LogP contribution < -0.4 is 10.1 Å². The predicted octanol–water partition coefficient (Wildman–Crippen LogP) is 4.56. The largest absolute Gasteiger partial charge is 0.497 e. The summed E-state index contributed by atoms with van der Waals surface area (Å²) in [7, 11) is 1.68. The molecule has 4 heteroatoms. The van der Waals surface area contributed by atoms with Gasteiger partial charge in [0.15, 0.2) is 0 Å². The Morgan fingerprint density at radius 1 is 1.04 bits per heavy atom. The third kappa shape index (κ3) is 4.93. The molecule has 0 spiro atoms. The Labute approximate surface area is 168 Å². The molecule has 1 aliphatic heterocycles. The lowest BCUT2D eigenvalue weighted by molar-refractivity contribution is 0.0938. The summed E-state index contributed by atoms with van der Waals surface area (Å²) in [4.78, 5) is 15.2. The van der Waals surface area contributed by atoms with Gasteiger partial charge in [0.25, 0.3) is 5.91 Å². The third-order valence-electron chi connectivity index (χ3n) is 5.55. The van der Waals surface area contributed by atoms with E-state index in [0.29, 0.717) is 12.1 Å². The maximum Gasteiger partial charge on any atom is 0.251 e. The van der Waals surface area contributed by atoms with Gasteiger partial charge in [0, 0.05) is 12.1 Å². The minimum atomic E-state index is -0.0156. The van der Waals surface area contributed by atoms with Crippen LogP contribution in [0, 0.1) is 0 Å². The first-order valence-corrected chi connectivity index (χ1v) is 10.2. The number of ether oxygens (including phenoxy) is 1. The number of rotatable bonds is 6. The molecule has 3 rings (SSSR count). The Bertz CT molecular complexity index is 770. The van der Waals surface area contributed by atoms with Gasteiger partial charge in [-0.15, -0.1) is 0 Å². The standard InChI is InChI=1S/C24H32N2O2/c1-24(2,3)20-11-7-19(8-12-20)23(27)25-17-22(26-15-5-6-16-26)18-9-13-21(28-4)14-10-18/h7-14,22H,5-6,15-17H2,1-4H3,(H,25,27). The molecule has 1 fully saturated rings. The lowest BCUT2D eigenvalue weighted by Gasteiger charge is -2.28. The molecule has 1 N–H and O–H groups in total. The van der Waals surface area contributed by atoms with E-state index < -0.39 is 0 Å². The quantitative estimate of drug-likeness (QED) is 0.799. The van der Waals surface area contributed by atoms with Crippen LogP contribution in [-0.2, 0) is 5.41 Å². The van der Waals surface area contributed by atoms with Crippen LogP contribution in [0.15, 0.2) is 48.5 Å². The lowest BCUT2D eigenvalue weighted by Crippen LogP contribution is -2.36. The second-order valence-corrected chi connectivity index (χ2v) is 8.57. The van der Waals surface area contributed by atoms with E-state index in [2.05, 4.69) is 55.3 Å². The van der Waals surface area contributed by atoms with E-state index in [9.17, 15) is 4.79 Å². The van der Waals surface area contributed by atoms with Gasteiger partial charge in [-0.25, -0.2) is 0 Å². The van der Waals surface area contributed by atoms with E-state index in [4.69, 9.17) is 4.74 Å². The summed E-state index contributed by atoms with van der Waals surface area (Å²) in [6, 6.07) is 16.3. The molecule has 28 heavy (non-hydrogen) atoms. The number of hydrogen-bond acceptors (Lipinski definition) is 3. The second-order valence-electron chi connectivity index (χ2n) is 8.57. The van der Waals surface area contributed by atoms with Crippen molar-refractivity contribution in [2.24, 2.45) is 0 Å². The molecule has 2 aromatic carbocycles. The van der Waals surface area contributed by atoms with E-state index in [-0.39, 0.29) is 17.4 Å². The maximum absolute atomic E-state index is 12.7. The monoisotopic (exact) mass is 380 g/mol. The summed E-state index contributed by atoms with van der Waals surface area (Å²) in [5, 5.41) is 3.15. The molecule has 0 radical (unpaired) electrons. The molecule has 1 heterocycles. The molecule has 2 aromatic rings. The van der Waals surface area contributed by atoms with Gasteiger partial charge in [-0.3, -0.25) is 9.69 Å². The molecule has 4 nitrogen and oxygen atoms in total. The summed E-state index contributed by atoms with van der Waals surface area (Å²) in [6.07, 6.45) is 2.43. The number of hydrogen-bond donors (Lipinski definition) is 1. The van der Waals surface area contributed by atoms with Gasteiger partial charge >= 0.3 is 0 Å². The zero-order chi connectivity index (χ0) is 20.1. The van der Waals surface area contributed by atoms with Crippen LogP contribution in [0.25, 0.3) is 0 Å². The summed E-state index contributed by atoms with van der Waals surface area (Å²) in [6.45, 7) is 9.29. The average molecular weight is 381 g/mol. The fourth-order valence-corrected chi connectivity index (χ4v) is 3.75. The summed E-state index contributed by atoms with van der Waals surface area (Å²) >= 11 is 0. The lowest BCUT2D eigenvalue weighted by atomic mass is 9.87. The van der Waals surface area contributed by atoms with Crippen molar-refractivity contribution in [1.29, 1.82) is 0 Å². The first-order chi connectivity index (χ1) is 13.4. The highest BCUT2D eigenvalue weighted by atomic mass is 16.5. The zero-order valence-corrected chi connectivity index (χ0v) is 17.5. The van der Waals surface area contributed by atoms with Crippen LogP contribution in [0.1, 0.15) is 61.1 Å². The molecule has 1 unspecified atom stereocenters. The van der Waals surface area contributed by atoms with Crippen LogP contribution in [0.4, 0.5) is 0 Å². The van der Waals surface area contributed by atoms with E-state index in [1.165, 1.54) is 24.0 Å². The first kappa shape index (κ1) is 20.4. The van der Waals surface area contributed by atoms with Gasteiger partial charge in [0.1, 0.15) is 5.75 Å². The highest BCUT2D eigenvalue weighted by Crippen LogP contribution is 2.26. The van der Waals surface area contributed by atoms with Crippen molar-refractivity contribution in [3.05, 3.63) is 65.2 Å². The number of likely N-dealkylation sites (tertiary alicyclic amines) is 1. The Morgan fingerprint density at radius 2 is 1.64 bits per heavy atom. The van der Waals surface area contributed by atoms with Gasteiger partial charge in [-0.1, -0.05) is 45.0 Å². The van der Waals surface area contributed by atoms with Crippen molar-refractivity contribution in [3.63, 3.8) is 0 Å². The topological polar surface area (TPSA) is 41.6 Å². The Hall–Kier alpha value is -2.33. The zero-order valence-electron chi connectivity index (χ0n) is 17.5. The van der Waals surface area contributed by atoms with Crippen molar-refractivity contribution in [2.45, 2.75) is 45.1 Å². The van der Waals surface area contributed by atoms with Gasteiger partial charge in [-0.05, 0) is 66.7 Å². The van der Waals surface area contributed by atoms with Gasteiger partial charge < -0.3 is 10.1 Å². The van der Waals surface area contributed by atoms with Gasteiger partial charge in [-0.2, -0.15) is 0 Å². The highest BCUT2D eigenvalue weighted by Gasteiger charge is 2.24. The van der Waals surface area contributed by atoms with E-state index >= 15 is 0 Å². The SMILES string of the molecule is COc1ccc(C(CNC(=O)c2ccc(C(C)(C)C)cc2)N2CCCC2)cc1. The van der Waals surface area contributed by atoms with Gasteiger partial charge in [0.05, 0.1) is 13.2 Å². The average Bonchev–Trinajstić information content (AvgIpc) is 3.22. The first-order valence-electron chi connectivity index (χ1n) is 10.2. The number of amides is 1. The van der Waals surface area contributed by atoms with Crippen LogP contribution in [-0.4, -0.2) is 37.6 Å². The highest BCUT2D eigenvalue weighted by molar-refractivity contribution is 5.94. The molecule has 150 valence electrons. The second kappa shape index (κ2) is 8.78. The Morgan fingerprint density at radius 3 is 2.18 bits per heavy atom. The van der Waals surface area contributed by atoms with Crippen molar-refractivity contribution in [2.75, 3.05) is 26.7 Å². The normalized spacial score (nSPS) is 16.0. The minimum Gasteiger partial charge on any atom is -0.497 e. The van der Waals surface area contributed by atoms with Crippen molar-refractivity contribution >= 4 is 5.91 Å². The number of benzene rings is 2. The molecule has 0 saturated carbocycles. The predicted molar refractivity (Wildman–Crippen MR) is 114 cm³/mol. The molecule has 1 atom stereocenters. The minimum absolute atomic E-state index is 0.0156. The molecular weight excluding hydrogens is 348 g/mol. The fraction of sp³-hybridized carbons (Fsp3) is 0.458. The van der Waals surface area contributed by atoms with Crippen LogP contribution >= 0.6 is 0 Å². The number of nitrogens with one attached hydrogen (secondary N) is 1. The third-order valence-corrected chi connectivity index (χ3v) is 5.55. The number of nitrogens with zero attached hydrogens (tertiary/aromatic N) is 1. The number of carbonyl (C=O) groups is 1. The van der Waals surface area contributed by atoms with Crippen molar-refractivity contribution < 1.29 is 9.53 Å². The van der Waals surface area contributed by atoms with Crippen LogP contribution in [0.2, 0.25) is 0 Å². The fourth-order valence-electron chi connectivity index (χ4n) is 3.75. The number of methoxy groups -OCH3 is 1. The molecule has 1 amide bonds. The van der Waals surface area contributed by atoms with E-state index in [1.54, 1.807) is 7.11 Å². The summed E-state index contributed by atoms with van der Waals surface area (Å²) in [5.41, 5.74) is 3.25. The maximum atomic E-state index is 12.7. The van der Waals surface area contributed by atoms with Crippen molar-refractivity contribution in [1.82, 2.24) is 10.2 Å². The molecule has 0 aliphatic carbocycles. The Kier molecular flexibility index (Phi) is 6.40. The Balaban J connectivity index is 1.69. The molecule has 0 aromatic heterocycles. The summed E-state index contributed by atoms with van der Waals surface area (Å²) in [5.74, 6) is 0.838. The van der Waals surface area contributed by atoms with E-state index in [0.717, 1.165) is 18.8 Å². The summed E-state index contributed by atoms with van der Waals surface area (Å²) < 4.78 is 5.28. The van der Waals surface area contributed by atoms with E-state index in [1.807, 2.05) is 24.3 Å². The smallest absolute Gasteiger partial charge is 0.251 e. The van der Waals surface area contributed by atoms with Crippen molar-refractivity contribution in [3.8, 4) is 5.75 Å². The van der Waals surface area contributed by atoms with Crippen LogP contribution in [0.3, 0.4) is 0 Å². The van der Waals surface area contributed by atoms with Crippen LogP contribution in [0.5, 0.6) is 5.75 Å². The molecule has 1 aliphatic rings. The molecule has 1 saturated heterocycles. The molecular formula is C24H32N2O2. The van der Waals surface area contributed by atoms with Gasteiger partial charge in [0.2, 0.25) is 0 Å². The number of carbonyl (C=O) groups excluding carboxylic acids is 1. The molecule has 0 bridgehead atoms.